The van der Waals surface area contributed by atoms with Crippen LogP contribution in [0, 0.1) is 0 Å². The first-order valence-electron chi connectivity index (χ1n) is 9.11. The van der Waals surface area contributed by atoms with E-state index in [0.717, 1.165) is 16.9 Å². The first-order chi connectivity index (χ1) is 13.5. The number of carbonyl (C=O) groups is 2. The molecule has 0 saturated carbocycles. The van der Waals surface area contributed by atoms with Gasteiger partial charge in [0.2, 0.25) is 5.91 Å². The van der Waals surface area contributed by atoms with E-state index in [9.17, 15) is 9.59 Å². The predicted octanol–water partition coefficient (Wildman–Crippen LogP) is 5.01. The molecular formula is C22H19Cl2NO3. The van der Waals surface area contributed by atoms with Crippen molar-refractivity contribution in [3.63, 3.8) is 0 Å². The summed E-state index contributed by atoms with van der Waals surface area (Å²) in [5.74, 6) is 0.417. The Labute approximate surface area is 173 Å². The smallest absolute Gasteiger partial charge is 0.225 e. The van der Waals surface area contributed by atoms with Gasteiger partial charge in [-0.3, -0.25) is 9.59 Å². The number of Topliss-reactive ketones (excluding diaryl/α,β-unsaturated/α-hetero) is 1. The van der Waals surface area contributed by atoms with Gasteiger partial charge in [-0.15, -0.1) is 0 Å². The van der Waals surface area contributed by atoms with Crippen LogP contribution in [0.15, 0.2) is 53.7 Å². The van der Waals surface area contributed by atoms with Crippen molar-refractivity contribution < 1.29 is 14.3 Å². The fraction of sp³-hybridized carbons (Fsp3) is 0.273. The van der Waals surface area contributed by atoms with Crippen molar-refractivity contribution in [1.82, 2.24) is 5.32 Å². The molecule has 0 bridgehead atoms. The summed E-state index contributed by atoms with van der Waals surface area (Å²) in [5.41, 5.74) is 3.21. The highest BCUT2D eigenvalue weighted by molar-refractivity contribution is 6.35. The van der Waals surface area contributed by atoms with Crippen LogP contribution in [0.1, 0.15) is 42.2 Å². The second-order valence-electron chi connectivity index (χ2n) is 7.16. The van der Waals surface area contributed by atoms with E-state index < -0.39 is 0 Å². The summed E-state index contributed by atoms with van der Waals surface area (Å²) in [6.45, 7) is 0. The van der Waals surface area contributed by atoms with E-state index in [4.69, 9.17) is 27.9 Å². The highest BCUT2D eigenvalue weighted by Crippen LogP contribution is 2.44. The van der Waals surface area contributed by atoms with Crippen LogP contribution in [0.2, 0.25) is 10.0 Å². The molecule has 0 aromatic heterocycles. The van der Waals surface area contributed by atoms with Gasteiger partial charge >= 0.3 is 0 Å². The Hall–Kier alpha value is -2.30. The number of rotatable bonds is 3. The highest BCUT2D eigenvalue weighted by atomic mass is 35.5. The van der Waals surface area contributed by atoms with Gasteiger partial charge in [0.05, 0.1) is 7.11 Å². The number of ketones is 1. The Morgan fingerprint density at radius 2 is 1.75 bits per heavy atom. The number of hydrogen-bond donors (Lipinski definition) is 1. The number of amides is 1. The summed E-state index contributed by atoms with van der Waals surface area (Å²) in [5, 5.41) is 3.93. The lowest BCUT2D eigenvalue weighted by atomic mass is 9.73. The molecule has 2 aromatic rings. The second-order valence-corrected chi connectivity index (χ2v) is 8.01. The average Bonchev–Trinajstić information content (AvgIpc) is 2.67. The molecule has 4 nitrogen and oxygen atoms in total. The maximum absolute atomic E-state index is 13.1. The molecule has 1 aliphatic heterocycles. The number of hydrogen-bond acceptors (Lipinski definition) is 3. The molecule has 1 amide bonds. The van der Waals surface area contributed by atoms with E-state index in [1.165, 1.54) is 0 Å². The molecule has 0 fully saturated rings. The van der Waals surface area contributed by atoms with Gasteiger partial charge in [-0.2, -0.15) is 0 Å². The van der Waals surface area contributed by atoms with Gasteiger partial charge in [0.15, 0.2) is 5.78 Å². The molecule has 4 rings (SSSR count). The van der Waals surface area contributed by atoms with Crippen LogP contribution in [-0.4, -0.2) is 18.8 Å². The molecule has 0 saturated heterocycles. The number of carbonyl (C=O) groups excluding carboxylic acids is 2. The summed E-state index contributed by atoms with van der Waals surface area (Å²) < 4.78 is 5.21. The molecule has 1 heterocycles. The summed E-state index contributed by atoms with van der Waals surface area (Å²) in [4.78, 5) is 25.5. The molecule has 2 atom stereocenters. The molecule has 2 aliphatic rings. The third kappa shape index (κ3) is 3.54. The third-order valence-electron chi connectivity index (χ3n) is 5.46. The van der Waals surface area contributed by atoms with Crippen molar-refractivity contribution in [3.8, 4) is 5.75 Å². The molecular weight excluding hydrogens is 397 g/mol. The van der Waals surface area contributed by atoms with Crippen LogP contribution >= 0.6 is 23.2 Å². The molecule has 28 heavy (non-hydrogen) atoms. The minimum absolute atomic E-state index is 0.0249. The first kappa shape index (κ1) is 19.0. The molecule has 0 radical (unpaired) electrons. The molecule has 1 N–H and O–H groups in total. The van der Waals surface area contributed by atoms with Crippen LogP contribution in [0.3, 0.4) is 0 Å². The van der Waals surface area contributed by atoms with Crippen molar-refractivity contribution in [2.24, 2.45) is 0 Å². The summed E-state index contributed by atoms with van der Waals surface area (Å²) in [6, 6.07) is 12.9. The zero-order chi connectivity index (χ0) is 19.8. The first-order valence-corrected chi connectivity index (χ1v) is 9.87. The van der Waals surface area contributed by atoms with E-state index >= 15 is 0 Å². The zero-order valence-electron chi connectivity index (χ0n) is 15.3. The minimum Gasteiger partial charge on any atom is -0.497 e. The summed E-state index contributed by atoms with van der Waals surface area (Å²) in [6.07, 6.45) is 1.22. The van der Waals surface area contributed by atoms with Crippen LogP contribution in [0.4, 0.5) is 0 Å². The highest BCUT2D eigenvalue weighted by Gasteiger charge is 2.38. The quantitative estimate of drug-likeness (QED) is 0.766. The molecule has 2 unspecified atom stereocenters. The number of nitrogens with one attached hydrogen (secondary N) is 1. The summed E-state index contributed by atoms with van der Waals surface area (Å²) >= 11 is 12.4. The van der Waals surface area contributed by atoms with Gasteiger partial charge in [-0.25, -0.2) is 0 Å². The third-order valence-corrected chi connectivity index (χ3v) is 6.02. The second kappa shape index (κ2) is 7.61. The van der Waals surface area contributed by atoms with Crippen LogP contribution in [0.25, 0.3) is 0 Å². The van der Waals surface area contributed by atoms with E-state index in [1.807, 2.05) is 24.3 Å². The lowest BCUT2D eigenvalue weighted by Gasteiger charge is -2.34. The van der Waals surface area contributed by atoms with E-state index in [1.54, 1.807) is 25.3 Å². The largest absolute Gasteiger partial charge is 0.497 e. The Balaban J connectivity index is 1.70. The van der Waals surface area contributed by atoms with Crippen molar-refractivity contribution in [2.75, 3.05) is 7.11 Å². The normalized spacial score (nSPS) is 22.0. The van der Waals surface area contributed by atoms with Crippen LogP contribution in [-0.2, 0) is 9.59 Å². The lowest BCUT2D eigenvalue weighted by Crippen LogP contribution is -2.38. The topological polar surface area (TPSA) is 55.4 Å². The predicted molar refractivity (Wildman–Crippen MR) is 109 cm³/mol. The van der Waals surface area contributed by atoms with Crippen molar-refractivity contribution >= 4 is 34.9 Å². The Kier molecular flexibility index (Phi) is 5.17. The van der Waals surface area contributed by atoms with Crippen LogP contribution < -0.4 is 10.1 Å². The van der Waals surface area contributed by atoms with Gasteiger partial charge < -0.3 is 10.1 Å². The van der Waals surface area contributed by atoms with E-state index in [0.29, 0.717) is 34.2 Å². The zero-order valence-corrected chi connectivity index (χ0v) is 16.8. The summed E-state index contributed by atoms with van der Waals surface area (Å²) in [7, 11) is 1.62. The molecule has 6 heteroatoms. The van der Waals surface area contributed by atoms with Crippen LogP contribution in [0.5, 0.6) is 5.75 Å². The van der Waals surface area contributed by atoms with Gasteiger partial charge in [0, 0.05) is 40.1 Å². The molecule has 1 aliphatic carbocycles. The number of allylic oxidation sites excluding steroid dienone is 2. The minimum atomic E-state index is -0.335. The Bertz CT molecular complexity index is 982. The van der Waals surface area contributed by atoms with Gasteiger partial charge in [0.1, 0.15) is 5.75 Å². The van der Waals surface area contributed by atoms with Crippen molar-refractivity contribution in [2.45, 2.75) is 31.1 Å². The maximum Gasteiger partial charge on any atom is 0.225 e. The standard InChI is InChI=1S/C22H19Cl2NO3/c1-28-15-5-2-12(3-6-15)13-8-19-22(20(26)9-13)17(11-21(27)25-19)16-7-4-14(23)10-18(16)24/h2-7,10,13,17H,8-9,11H2,1H3,(H,25,27). The maximum atomic E-state index is 13.1. The number of methoxy groups -OCH3 is 1. The number of halogens is 2. The van der Waals surface area contributed by atoms with Gasteiger partial charge in [0.25, 0.3) is 0 Å². The number of benzene rings is 2. The fourth-order valence-electron chi connectivity index (χ4n) is 4.12. The molecule has 144 valence electrons. The Morgan fingerprint density at radius 3 is 2.43 bits per heavy atom. The van der Waals surface area contributed by atoms with Gasteiger partial charge in [-0.1, -0.05) is 41.4 Å². The molecule has 0 spiro atoms. The van der Waals surface area contributed by atoms with Crippen molar-refractivity contribution in [3.05, 3.63) is 74.9 Å². The monoisotopic (exact) mass is 415 g/mol. The van der Waals surface area contributed by atoms with Gasteiger partial charge in [-0.05, 0) is 47.7 Å². The van der Waals surface area contributed by atoms with Crippen molar-refractivity contribution in [1.29, 1.82) is 0 Å². The molecule has 2 aromatic carbocycles. The SMILES string of the molecule is COc1ccc(C2CC(=O)C3=C(C2)NC(=O)CC3c2ccc(Cl)cc2Cl)cc1. The average molecular weight is 416 g/mol. The Morgan fingerprint density at radius 1 is 1.00 bits per heavy atom. The van der Waals surface area contributed by atoms with E-state index in [-0.39, 0.29) is 29.9 Å². The van der Waals surface area contributed by atoms with E-state index in [2.05, 4.69) is 5.32 Å². The fourth-order valence-corrected chi connectivity index (χ4v) is 4.66. The lowest BCUT2D eigenvalue weighted by molar-refractivity contribution is -0.122. The number of ether oxygens (including phenoxy) is 1.